The van der Waals surface area contributed by atoms with Gasteiger partial charge in [-0.05, 0) is 43.3 Å². The molecule has 0 bridgehead atoms. The van der Waals surface area contributed by atoms with Gasteiger partial charge in [0.25, 0.3) is 0 Å². The SMILES string of the molecule is CC(=O)Oc1ccc(S(=O)(=O)Oc2ccc(C)cc2)cc1. The minimum atomic E-state index is -3.91. The molecule has 110 valence electrons. The van der Waals surface area contributed by atoms with Crippen LogP contribution in [0.3, 0.4) is 0 Å². The predicted octanol–water partition coefficient (Wildman–Crippen LogP) is 2.69. The highest BCUT2D eigenvalue weighted by atomic mass is 32.2. The third-order valence-corrected chi connectivity index (χ3v) is 3.86. The minimum Gasteiger partial charge on any atom is -0.427 e. The summed E-state index contributed by atoms with van der Waals surface area (Å²) in [5.74, 6) is 0.0444. The van der Waals surface area contributed by atoms with Crippen LogP contribution in [0.25, 0.3) is 0 Å². The maximum absolute atomic E-state index is 12.1. The lowest BCUT2D eigenvalue weighted by Gasteiger charge is -2.08. The number of carbonyl (C=O) groups excluding carboxylic acids is 1. The average Bonchev–Trinajstić information content (AvgIpc) is 2.41. The van der Waals surface area contributed by atoms with E-state index >= 15 is 0 Å². The Bertz CT molecular complexity index is 731. The molecule has 0 aliphatic rings. The molecule has 5 nitrogen and oxygen atoms in total. The highest BCUT2D eigenvalue weighted by Crippen LogP contribution is 2.21. The van der Waals surface area contributed by atoms with Gasteiger partial charge in [0, 0.05) is 6.92 Å². The molecule has 0 aliphatic heterocycles. The smallest absolute Gasteiger partial charge is 0.339 e. The Labute approximate surface area is 123 Å². The van der Waals surface area contributed by atoms with Crippen LogP contribution in [0, 0.1) is 6.92 Å². The number of aryl methyl sites for hydroxylation is 1. The fraction of sp³-hybridized carbons (Fsp3) is 0.133. The standard InChI is InChI=1S/C15H14O5S/c1-11-3-5-14(6-4-11)20-21(17,18)15-9-7-13(8-10-15)19-12(2)16/h3-10H,1-2H3. The lowest BCUT2D eigenvalue weighted by Crippen LogP contribution is -2.10. The van der Waals surface area contributed by atoms with Crippen LogP contribution >= 0.6 is 0 Å². The van der Waals surface area contributed by atoms with Gasteiger partial charge in [-0.1, -0.05) is 17.7 Å². The summed E-state index contributed by atoms with van der Waals surface area (Å²) in [6.07, 6.45) is 0. The van der Waals surface area contributed by atoms with Crippen molar-refractivity contribution in [2.45, 2.75) is 18.7 Å². The molecule has 0 heterocycles. The molecule has 0 fully saturated rings. The van der Waals surface area contributed by atoms with E-state index < -0.39 is 16.1 Å². The zero-order valence-electron chi connectivity index (χ0n) is 11.6. The van der Waals surface area contributed by atoms with Gasteiger partial charge in [-0.3, -0.25) is 4.79 Å². The normalized spacial score (nSPS) is 11.0. The molecule has 2 aromatic carbocycles. The van der Waals surface area contributed by atoms with E-state index in [9.17, 15) is 13.2 Å². The molecule has 0 spiro atoms. The van der Waals surface area contributed by atoms with Crippen LogP contribution in [0.2, 0.25) is 0 Å². The molecule has 0 atom stereocenters. The first-order chi connectivity index (χ1) is 9.87. The van der Waals surface area contributed by atoms with Crippen molar-refractivity contribution in [1.82, 2.24) is 0 Å². The van der Waals surface area contributed by atoms with E-state index in [4.69, 9.17) is 8.92 Å². The molecule has 0 saturated carbocycles. The summed E-state index contributed by atoms with van der Waals surface area (Å²) in [6.45, 7) is 3.16. The topological polar surface area (TPSA) is 69.7 Å². The fourth-order valence-corrected chi connectivity index (χ4v) is 2.54. The van der Waals surface area contributed by atoms with Crippen molar-refractivity contribution in [3.63, 3.8) is 0 Å². The molecule has 0 unspecified atom stereocenters. The zero-order valence-corrected chi connectivity index (χ0v) is 12.4. The number of benzene rings is 2. The molecule has 2 rings (SSSR count). The molecule has 21 heavy (non-hydrogen) atoms. The van der Waals surface area contributed by atoms with Crippen LogP contribution in [-0.2, 0) is 14.9 Å². The molecular formula is C15H14O5S. The van der Waals surface area contributed by atoms with Crippen LogP contribution < -0.4 is 8.92 Å². The Balaban J connectivity index is 2.19. The lowest BCUT2D eigenvalue weighted by atomic mass is 10.2. The minimum absolute atomic E-state index is 0.0148. The third kappa shape index (κ3) is 4.06. The molecule has 0 N–H and O–H groups in total. The summed E-state index contributed by atoms with van der Waals surface area (Å²) in [4.78, 5) is 10.8. The quantitative estimate of drug-likeness (QED) is 0.493. The summed E-state index contributed by atoms with van der Waals surface area (Å²) in [5.41, 5.74) is 1.01. The Morgan fingerprint density at radius 1 is 0.905 bits per heavy atom. The second kappa shape index (κ2) is 5.97. The molecule has 2 aromatic rings. The van der Waals surface area contributed by atoms with E-state index in [1.165, 1.54) is 31.2 Å². The van der Waals surface area contributed by atoms with Gasteiger partial charge in [0.2, 0.25) is 0 Å². The summed E-state index contributed by atoms with van der Waals surface area (Å²) in [5, 5.41) is 0. The molecule has 0 aromatic heterocycles. The molecule has 0 aliphatic carbocycles. The molecule has 6 heteroatoms. The van der Waals surface area contributed by atoms with Gasteiger partial charge in [-0.2, -0.15) is 8.42 Å². The lowest BCUT2D eigenvalue weighted by molar-refractivity contribution is -0.131. The van der Waals surface area contributed by atoms with Crippen molar-refractivity contribution in [2.24, 2.45) is 0 Å². The van der Waals surface area contributed by atoms with Crippen LogP contribution in [0.15, 0.2) is 53.4 Å². The maximum Gasteiger partial charge on any atom is 0.339 e. The summed E-state index contributed by atoms with van der Waals surface area (Å²) < 4.78 is 34.0. The number of esters is 1. The highest BCUT2D eigenvalue weighted by Gasteiger charge is 2.16. The number of rotatable bonds is 4. The second-order valence-electron chi connectivity index (χ2n) is 4.42. The van der Waals surface area contributed by atoms with Gasteiger partial charge in [0.05, 0.1) is 0 Å². The van der Waals surface area contributed by atoms with E-state index in [1.807, 2.05) is 6.92 Å². The van der Waals surface area contributed by atoms with Crippen molar-refractivity contribution in [3.8, 4) is 11.5 Å². The molecule has 0 saturated heterocycles. The van der Waals surface area contributed by atoms with Crippen molar-refractivity contribution in [3.05, 3.63) is 54.1 Å². The van der Waals surface area contributed by atoms with Gasteiger partial charge in [-0.25, -0.2) is 0 Å². The number of ether oxygens (including phenoxy) is 1. The first kappa shape index (κ1) is 15.1. The molecular weight excluding hydrogens is 292 g/mol. The van der Waals surface area contributed by atoms with Crippen molar-refractivity contribution in [2.75, 3.05) is 0 Å². The van der Waals surface area contributed by atoms with E-state index in [2.05, 4.69) is 0 Å². The van der Waals surface area contributed by atoms with Gasteiger partial charge in [-0.15, -0.1) is 0 Å². The highest BCUT2D eigenvalue weighted by molar-refractivity contribution is 7.87. The van der Waals surface area contributed by atoms with Crippen LogP contribution in [0.1, 0.15) is 12.5 Å². The number of hydrogen-bond acceptors (Lipinski definition) is 5. The maximum atomic E-state index is 12.1. The Hall–Kier alpha value is -2.34. The first-order valence-corrected chi connectivity index (χ1v) is 7.57. The molecule has 0 amide bonds. The Morgan fingerprint density at radius 2 is 1.43 bits per heavy atom. The zero-order chi connectivity index (χ0) is 15.5. The van der Waals surface area contributed by atoms with Crippen LogP contribution in [0.5, 0.6) is 11.5 Å². The summed E-state index contributed by atoms with van der Waals surface area (Å²) in [6, 6.07) is 12.1. The third-order valence-electron chi connectivity index (χ3n) is 2.60. The summed E-state index contributed by atoms with van der Waals surface area (Å²) in [7, 11) is -3.91. The van der Waals surface area contributed by atoms with Crippen LogP contribution in [0.4, 0.5) is 0 Å². The van der Waals surface area contributed by atoms with E-state index in [0.717, 1.165) is 5.56 Å². The van der Waals surface area contributed by atoms with Crippen molar-refractivity contribution in [1.29, 1.82) is 0 Å². The van der Waals surface area contributed by atoms with Gasteiger partial charge >= 0.3 is 16.1 Å². The van der Waals surface area contributed by atoms with Crippen molar-refractivity contribution >= 4 is 16.1 Å². The Morgan fingerprint density at radius 3 is 1.95 bits per heavy atom. The largest absolute Gasteiger partial charge is 0.427 e. The monoisotopic (exact) mass is 306 g/mol. The van der Waals surface area contributed by atoms with E-state index in [0.29, 0.717) is 0 Å². The first-order valence-electron chi connectivity index (χ1n) is 6.16. The number of carbonyl (C=O) groups is 1. The van der Waals surface area contributed by atoms with Gasteiger partial charge in [0.15, 0.2) is 0 Å². The number of hydrogen-bond donors (Lipinski definition) is 0. The Kier molecular flexibility index (Phi) is 4.28. The molecule has 0 radical (unpaired) electrons. The van der Waals surface area contributed by atoms with E-state index in [1.54, 1.807) is 24.3 Å². The summed E-state index contributed by atoms with van der Waals surface area (Å²) >= 11 is 0. The van der Waals surface area contributed by atoms with E-state index in [-0.39, 0.29) is 16.4 Å². The van der Waals surface area contributed by atoms with Crippen molar-refractivity contribution < 1.29 is 22.1 Å². The van der Waals surface area contributed by atoms with Gasteiger partial charge in [0.1, 0.15) is 16.4 Å². The van der Waals surface area contributed by atoms with Gasteiger partial charge < -0.3 is 8.92 Å². The average molecular weight is 306 g/mol. The fourth-order valence-electron chi connectivity index (χ4n) is 1.61. The predicted molar refractivity (Wildman–Crippen MR) is 76.7 cm³/mol. The van der Waals surface area contributed by atoms with Crippen LogP contribution in [-0.4, -0.2) is 14.4 Å². The second-order valence-corrected chi connectivity index (χ2v) is 5.96.